The molecule has 2 amide bonds. The average Bonchev–Trinajstić information content (AvgIpc) is 2.39. The van der Waals surface area contributed by atoms with Crippen molar-refractivity contribution in [3.63, 3.8) is 0 Å². The smallest absolute Gasteiger partial charge is 0.413 e. The van der Waals surface area contributed by atoms with Gasteiger partial charge < -0.3 is 14.6 Å². The molecular weight excluding hydrogens is 266 g/mol. The highest BCUT2D eigenvalue weighted by Crippen LogP contribution is 2.21. The molecule has 0 unspecified atom stereocenters. The molecule has 0 radical (unpaired) electrons. The molecule has 0 aliphatic heterocycles. The van der Waals surface area contributed by atoms with Crippen LogP contribution >= 0.6 is 0 Å². The summed E-state index contributed by atoms with van der Waals surface area (Å²) in [6, 6.07) is 4.57. The van der Waals surface area contributed by atoms with Gasteiger partial charge in [-0.3, -0.25) is 10.1 Å². The Kier molecular flexibility index (Phi) is 5.52. The van der Waals surface area contributed by atoms with Gasteiger partial charge in [-0.25, -0.2) is 9.59 Å². The lowest BCUT2D eigenvalue weighted by molar-refractivity contribution is -0.123. The fourth-order valence-electron chi connectivity index (χ4n) is 1.35. The Morgan fingerprint density at radius 1 is 1.25 bits per heavy atom. The molecule has 0 aliphatic carbocycles. The molecule has 1 rings (SSSR count). The quantitative estimate of drug-likeness (QED) is 0.802. The van der Waals surface area contributed by atoms with E-state index in [9.17, 15) is 19.5 Å². The Balaban J connectivity index is 2.53. The van der Waals surface area contributed by atoms with Gasteiger partial charge in [0.1, 0.15) is 11.3 Å². The van der Waals surface area contributed by atoms with Gasteiger partial charge in [-0.1, -0.05) is 12.1 Å². The van der Waals surface area contributed by atoms with Gasteiger partial charge in [0, 0.05) is 0 Å². The van der Waals surface area contributed by atoms with E-state index in [0.717, 1.165) is 0 Å². The fourth-order valence-corrected chi connectivity index (χ4v) is 1.35. The third-order valence-electron chi connectivity index (χ3n) is 2.31. The summed E-state index contributed by atoms with van der Waals surface area (Å²) in [7, 11) is 0. The number of carbonyl (C=O) groups excluding carboxylic acids is 3. The molecule has 20 heavy (non-hydrogen) atoms. The van der Waals surface area contributed by atoms with Crippen molar-refractivity contribution in [2.75, 3.05) is 13.2 Å². The van der Waals surface area contributed by atoms with Crippen molar-refractivity contribution >= 4 is 18.0 Å². The molecule has 7 heteroatoms. The number of alkyl carbamates (subject to hydrolysis) is 1. The summed E-state index contributed by atoms with van der Waals surface area (Å²) in [6.07, 6.45) is -0.910. The maximum Gasteiger partial charge on any atom is 0.413 e. The molecule has 0 bridgehead atoms. The Morgan fingerprint density at radius 2 is 1.95 bits per heavy atom. The van der Waals surface area contributed by atoms with Gasteiger partial charge in [0.15, 0.2) is 6.61 Å². The minimum absolute atomic E-state index is 0.0473. The second-order valence-corrected chi connectivity index (χ2v) is 3.82. The molecule has 0 saturated carbocycles. The number of hydrogen-bond donors (Lipinski definition) is 2. The molecular formula is C13H15NO6. The van der Waals surface area contributed by atoms with Crippen LogP contribution in [0.25, 0.3) is 0 Å². The van der Waals surface area contributed by atoms with Gasteiger partial charge in [0.05, 0.1) is 6.61 Å². The van der Waals surface area contributed by atoms with Crippen molar-refractivity contribution in [3.8, 4) is 5.75 Å². The largest absolute Gasteiger partial charge is 0.507 e. The van der Waals surface area contributed by atoms with Gasteiger partial charge in [0.2, 0.25) is 0 Å². The number of hydrogen-bond acceptors (Lipinski definition) is 6. The highest BCUT2D eigenvalue weighted by molar-refractivity contribution is 5.96. The monoisotopic (exact) mass is 281 g/mol. The molecule has 7 nitrogen and oxygen atoms in total. The maximum atomic E-state index is 11.7. The molecule has 0 aliphatic rings. The lowest BCUT2D eigenvalue weighted by Crippen LogP contribution is -2.34. The predicted octanol–water partition coefficient (Wildman–Crippen LogP) is 1.13. The van der Waals surface area contributed by atoms with Crippen molar-refractivity contribution in [2.24, 2.45) is 0 Å². The van der Waals surface area contributed by atoms with Gasteiger partial charge in [-0.2, -0.15) is 0 Å². The van der Waals surface area contributed by atoms with Crippen molar-refractivity contribution in [1.29, 1.82) is 0 Å². The van der Waals surface area contributed by atoms with Gasteiger partial charge in [-0.15, -0.1) is 0 Å². The fraction of sp³-hybridized carbons (Fsp3) is 0.308. The van der Waals surface area contributed by atoms with Crippen LogP contribution in [0.3, 0.4) is 0 Å². The van der Waals surface area contributed by atoms with E-state index in [-0.39, 0.29) is 17.9 Å². The summed E-state index contributed by atoms with van der Waals surface area (Å²) in [5.74, 6) is -1.88. The zero-order valence-corrected chi connectivity index (χ0v) is 11.1. The highest BCUT2D eigenvalue weighted by Gasteiger charge is 2.16. The van der Waals surface area contributed by atoms with Crippen LogP contribution in [-0.4, -0.2) is 36.3 Å². The zero-order chi connectivity index (χ0) is 15.1. The van der Waals surface area contributed by atoms with E-state index in [1.54, 1.807) is 26.0 Å². The van der Waals surface area contributed by atoms with E-state index in [0.29, 0.717) is 5.56 Å². The van der Waals surface area contributed by atoms with Crippen LogP contribution in [0, 0.1) is 6.92 Å². The topological polar surface area (TPSA) is 102 Å². The van der Waals surface area contributed by atoms with Crippen LogP contribution in [0.15, 0.2) is 18.2 Å². The van der Waals surface area contributed by atoms with Crippen molar-refractivity contribution < 1.29 is 29.0 Å². The number of carbonyl (C=O) groups is 3. The first kappa shape index (κ1) is 15.5. The van der Waals surface area contributed by atoms with Crippen molar-refractivity contribution in [1.82, 2.24) is 5.32 Å². The molecule has 1 aromatic carbocycles. The molecule has 0 fully saturated rings. The van der Waals surface area contributed by atoms with Crippen LogP contribution in [0.4, 0.5) is 4.79 Å². The van der Waals surface area contributed by atoms with Crippen LogP contribution in [-0.2, 0) is 14.3 Å². The second-order valence-electron chi connectivity index (χ2n) is 3.82. The number of benzene rings is 1. The SMILES string of the molecule is CCOC(=O)NC(=O)COC(=O)c1cccc(C)c1O. The number of phenolic OH excluding ortho intramolecular Hbond substituents is 1. The first-order valence-corrected chi connectivity index (χ1v) is 5.88. The van der Waals surface area contributed by atoms with Crippen LogP contribution in [0.2, 0.25) is 0 Å². The molecule has 0 aromatic heterocycles. The summed E-state index contributed by atoms with van der Waals surface area (Å²) < 4.78 is 9.17. The number of aromatic hydroxyl groups is 1. The molecule has 2 N–H and O–H groups in total. The Labute approximate surface area is 115 Å². The van der Waals surface area contributed by atoms with E-state index >= 15 is 0 Å². The van der Waals surface area contributed by atoms with Crippen molar-refractivity contribution in [3.05, 3.63) is 29.3 Å². The minimum atomic E-state index is -0.910. The molecule has 0 saturated heterocycles. The standard InChI is InChI=1S/C13H15NO6/c1-3-19-13(18)14-10(15)7-20-12(17)9-6-4-5-8(2)11(9)16/h4-6,16H,3,7H2,1-2H3,(H,14,15,18). The number of amides is 2. The summed E-state index contributed by atoms with van der Waals surface area (Å²) in [5.41, 5.74) is 0.462. The van der Waals surface area contributed by atoms with E-state index in [1.165, 1.54) is 6.07 Å². The number of nitrogens with one attached hydrogen (secondary N) is 1. The average molecular weight is 281 g/mol. The number of ether oxygens (including phenoxy) is 2. The van der Waals surface area contributed by atoms with E-state index < -0.39 is 24.6 Å². The molecule has 1 aromatic rings. The van der Waals surface area contributed by atoms with E-state index in [1.807, 2.05) is 5.32 Å². The first-order chi connectivity index (χ1) is 9.45. The molecule has 108 valence electrons. The number of para-hydroxylation sites is 1. The number of phenols is 1. The summed E-state index contributed by atoms with van der Waals surface area (Å²) in [4.78, 5) is 33.9. The Bertz CT molecular complexity index is 526. The number of aryl methyl sites for hydroxylation is 1. The third-order valence-corrected chi connectivity index (χ3v) is 2.31. The number of imide groups is 1. The van der Waals surface area contributed by atoms with Crippen LogP contribution < -0.4 is 5.32 Å². The van der Waals surface area contributed by atoms with E-state index in [4.69, 9.17) is 0 Å². The third kappa shape index (κ3) is 4.27. The lowest BCUT2D eigenvalue weighted by Gasteiger charge is -2.08. The minimum Gasteiger partial charge on any atom is -0.507 e. The highest BCUT2D eigenvalue weighted by atomic mass is 16.6. The molecule has 0 heterocycles. The van der Waals surface area contributed by atoms with E-state index in [2.05, 4.69) is 9.47 Å². The summed E-state index contributed by atoms with van der Waals surface area (Å²) >= 11 is 0. The first-order valence-electron chi connectivity index (χ1n) is 5.88. The molecule has 0 spiro atoms. The van der Waals surface area contributed by atoms with Crippen LogP contribution in [0.1, 0.15) is 22.8 Å². The van der Waals surface area contributed by atoms with Crippen LogP contribution in [0.5, 0.6) is 5.75 Å². The number of rotatable bonds is 4. The second kappa shape index (κ2) is 7.13. The Hall–Kier alpha value is -2.57. The summed E-state index contributed by atoms with van der Waals surface area (Å²) in [6.45, 7) is 2.69. The molecule has 0 atom stereocenters. The number of esters is 1. The predicted molar refractivity (Wildman–Crippen MR) is 68.3 cm³/mol. The van der Waals surface area contributed by atoms with Gasteiger partial charge >= 0.3 is 12.1 Å². The summed E-state index contributed by atoms with van der Waals surface area (Å²) in [5, 5.41) is 11.5. The van der Waals surface area contributed by atoms with Gasteiger partial charge in [0.25, 0.3) is 5.91 Å². The van der Waals surface area contributed by atoms with Crippen molar-refractivity contribution in [2.45, 2.75) is 13.8 Å². The lowest BCUT2D eigenvalue weighted by atomic mass is 10.1. The zero-order valence-electron chi connectivity index (χ0n) is 11.1. The van der Waals surface area contributed by atoms with Gasteiger partial charge in [-0.05, 0) is 25.5 Å². The maximum absolute atomic E-state index is 11.7. The Morgan fingerprint density at radius 3 is 2.60 bits per heavy atom. The normalized spacial score (nSPS) is 9.70.